The van der Waals surface area contributed by atoms with Crippen LogP contribution in [0.15, 0.2) is 42.5 Å². The smallest absolute Gasteiger partial charge is 0.407 e. The molecular weight excluding hydrogens is 426 g/mol. The predicted octanol–water partition coefficient (Wildman–Crippen LogP) is 4.85. The summed E-state index contributed by atoms with van der Waals surface area (Å²) in [6.45, 7) is 6.85. The zero-order valence-corrected chi connectivity index (χ0v) is 20.4. The fourth-order valence-corrected chi connectivity index (χ4v) is 4.72. The third-order valence-electron chi connectivity index (χ3n) is 6.90. The molecule has 0 fully saturated rings. The Hall–Kier alpha value is -2.41. The summed E-state index contributed by atoms with van der Waals surface area (Å²) in [4.78, 5) is 26.1. The van der Waals surface area contributed by atoms with E-state index in [1.54, 1.807) is 6.92 Å². The van der Waals surface area contributed by atoms with E-state index in [-0.39, 0.29) is 34.9 Å². The van der Waals surface area contributed by atoms with E-state index in [9.17, 15) is 14.7 Å². The molecule has 0 spiro atoms. The number of hydrogen-bond acceptors (Lipinski definition) is 3. The zero-order chi connectivity index (χ0) is 22.8. The number of amides is 2. The van der Waals surface area contributed by atoms with Crippen LogP contribution in [0.5, 0.6) is 0 Å². The Morgan fingerprint density at radius 3 is 2.31 bits per heavy atom. The lowest BCUT2D eigenvalue weighted by Gasteiger charge is -2.45. The number of carbonyl (C=O) groups is 2. The molecule has 0 radical (unpaired) electrons. The lowest BCUT2D eigenvalue weighted by atomic mass is 9.86. The number of nitrogens with zero attached hydrogens (tertiary/aromatic N) is 2. The SMILES string of the molecule is CCN(C(=O)O)[C@@H]1C[C@H](C)[N+](C)(C(C)=O)c2ccc(-c3ccc(CCNC)cc3)cc21.Cl. The highest BCUT2D eigenvalue weighted by atomic mass is 35.5. The summed E-state index contributed by atoms with van der Waals surface area (Å²) < 4.78 is 0.187. The van der Waals surface area contributed by atoms with Gasteiger partial charge in [0.25, 0.3) is 0 Å². The Labute approximate surface area is 197 Å². The summed E-state index contributed by atoms with van der Waals surface area (Å²) in [5.41, 5.74) is 5.22. The molecule has 1 unspecified atom stereocenters. The number of carbonyl (C=O) groups excluding carboxylic acids is 1. The van der Waals surface area contributed by atoms with Gasteiger partial charge in [0.15, 0.2) is 0 Å². The van der Waals surface area contributed by atoms with Gasteiger partial charge in [-0.15, -0.1) is 12.4 Å². The quantitative estimate of drug-likeness (QED) is 0.604. The van der Waals surface area contributed by atoms with Crippen molar-refractivity contribution in [3.8, 4) is 11.1 Å². The second kappa shape index (κ2) is 10.5. The zero-order valence-electron chi connectivity index (χ0n) is 19.6. The van der Waals surface area contributed by atoms with Crippen molar-refractivity contribution in [3.63, 3.8) is 0 Å². The third kappa shape index (κ3) is 4.68. The number of fused-ring (bicyclic) bond motifs is 1. The molecule has 3 rings (SSSR count). The number of benzene rings is 2. The second-order valence-corrected chi connectivity index (χ2v) is 8.59. The van der Waals surface area contributed by atoms with E-state index >= 15 is 0 Å². The molecule has 2 amide bonds. The number of carboxylic acid groups (broad SMARTS) is 1. The molecule has 1 aliphatic heterocycles. The van der Waals surface area contributed by atoms with Gasteiger partial charge in [-0.25, -0.2) is 14.1 Å². The van der Waals surface area contributed by atoms with Crippen LogP contribution in [0.3, 0.4) is 0 Å². The maximum Gasteiger partial charge on any atom is 0.407 e. The van der Waals surface area contributed by atoms with Crippen molar-refractivity contribution in [2.45, 2.75) is 45.7 Å². The second-order valence-electron chi connectivity index (χ2n) is 8.59. The molecule has 174 valence electrons. The maximum absolute atomic E-state index is 12.7. The van der Waals surface area contributed by atoms with Crippen molar-refractivity contribution in [3.05, 3.63) is 53.6 Å². The van der Waals surface area contributed by atoms with Crippen molar-refractivity contribution < 1.29 is 14.7 Å². The standard InChI is InChI=1S/C25H33N3O3.ClH/c1-6-27(25(30)31)23-15-17(2)28(5,18(3)29)24-12-11-21(16-22(23)24)20-9-7-19(8-10-20)13-14-26-4;/h7-12,16-17,23,26H,6,13-15H2,1-5H3;1H/p+1/t17-,23+,28?;/m0./s1. The van der Waals surface area contributed by atoms with Crippen LogP contribution >= 0.6 is 12.4 Å². The first-order valence-electron chi connectivity index (χ1n) is 11.0. The summed E-state index contributed by atoms with van der Waals surface area (Å²) >= 11 is 0. The number of likely N-dealkylation sites (N-methyl/N-ethyl adjacent to an activating group) is 1. The van der Waals surface area contributed by atoms with Crippen molar-refractivity contribution in [1.29, 1.82) is 0 Å². The molecule has 0 saturated carbocycles. The molecule has 3 atom stereocenters. The molecule has 7 heteroatoms. The van der Waals surface area contributed by atoms with E-state index in [1.807, 2.05) is 40.1 Å². The average Bonchev–Trinajstić information content (AvgIpc) is 2.75. The summed E-state index contributed by atoms with van der Waals surface area (Å²) in [5.74, 6) is 0.0622. The van der Waals surface area contributed by atoms with Crippen LogP contribution in [0.25, 0.3) is 11.1 Å². The molecule has 1 heterocycles. The Morgan fingerprint density at radius 2 is 1.78 bits per heavy atom. The van der Waals surface area contributed by atoms with Gasteiger partial charge in [-0.05, 0) is 62.7 Å². The van der Waals surface area contributed by atoms with E-state index in [0.717, 1.165) is 35.3 Å². The minimum Gasteiger partial charge on any atom is -0.465 e. The van der Waals surface area contributed by atoms with Gasteiger partial charge in [-0.1, -0.05) is 24.3 Å². The van der Waals surface area contributed by atoms with Crippen molar-refractivity contribution >= 4 is 30.1 Å². The monoisotopic (exact) mass is 460 g/mol. The van der Waals surface area contributed by atoms with Crippen molar-refractivity contribution in [2.75, 3.05) is 27.2 Å². The van der Waals surface area contributed by atoms with Gasteiger partial charge < -0.3 is 15.3 Å². The van der Waals surface area contributed by atoms with Gasteiger partial charge in [-0.3, -0.25) is 0 Å². The Morgan fingerprint density at radius 1 is 1.16 bits per heavy atom. The predicted molar refractivity (Wildman–Crippen MR) is 132 cm³/mol. The van der Waals surface area contributed by atoms with E-state index in [2.05, 4.69) is 35.6 Å². The van der Waals surface area contributed by atoms with Gasteiger partial charge in [0.05, 0.1) is 26.1 Å². The van der Waals surface area contributed by atoms with Gasteiger partial charge in [0.1, 0.15) is 5.69 Å². The normalized spacial score (nSPS) is 21.9. The molecule has 32 heavy (non-hydrogen) atoms. The van der Waals surface area contributed by atoms with E-state index < -0.39 is 6.09 Å². The minimum absolute atomic E-state index is 0. The highest BCUT2D eigenvalue weighted by Crippen LogP contribution is 2.45. The average molecular weight is 461 g/mol. The highest BCUT2D eigenvalue weighted by Gasteiger charge is 2.47. The summed E-state index contributed by atoms with van der Waals surface area (Å²) in [5, 5.41) is 13.0. The fourth-order valence-electron chi connectivity index (χ4n) is 4.72. The fraction of sp³-hybridized carbons (Fsp3) is 0.440. The first-order valence-corrected chi connectivity index (χ1v) is 11.0. The van der Waals surface area contributed by atoms with Gasteiger partial charge in [0, 0.05) is 24.6 Å². The molecular formula is C25H35ClN3O3+. The number of hydrogen-bond donors (Lipinski definition) is 2. The molecule has 0 aliphatic carbocycles. The molecule has 2 N–H and O–H groups in total. The van der Waals surface area contributed by atoms with Crippen LogP contribution in [0.1, 0.15) is 44.4 Å². The van der Waals surface area contributed by atoms with Crippen LogP contribution in [0, 0.1) is 0 Å². The number of nitrogens with one attached hydrogen (secondary N) is 1. The van der Waals surface area contributed by atoms with Gasteiger partial charge >= 0.3 is 12.0 Å². The molecule has 0 aromatic heterocycles. The van der Waals surface area contributed by atoms with E-state index in [1.165, 1.54) is 10.5 Å². The van der Waals surface area contributed by atoms with Crippen LogP contribution in [0.4, 0.5) is 10.5 Å². The maximum atomic E-state index is 12.7. The summed E-state index contributed by atoms with van der Waals surface area (Å²) in [6.07, 6.45) is 0.651. The van der Waals surface area contributed by atoms with Crippen LogP contribution < -0.4 is 9.80 Å². The summed E-state index contributed by atoms with van der Waals surface area (Å²) in [7, 11) is 3.89. The van der Waals surface area contributed by atoms with Crippen LogP contribution in [-0.4, -0.2) is 55.2 Å². The van der Waals surface area contributed by atoms with Crippen LogP contribution in [-0.2, 0) is 11.2 Å². The lowest BCUT2D eigenvalue weighted by molar-refractivity contribution is -0.129. The van der Waals surface area contributed by atoms with E-state index in [0.29, 0.717) is 13.0 Å². The topological polar surface area (TPSA) is 69.6 Å². The number of quaternary nitrogens is 1. The number of halogens is 1. The molecule has 0 bridgehead atoms. The molecule has 6 nitrogen and oxygen atoms in total. The minimum atomic E-state index is -0.927. The molecule has 0 saturated heterocycles. The number of rotatable bonds is 6. The van der Waals surface area contributed by atoms with Gasteiger partial charge in [-0.2, -0.15) is 0 Å². The van der Waals surface area contributed by atoms with E-state index in [4.69, 9.17) is 0 Å². The Bertz CT molecular complexity index is 963. The van der Waals surface area contributed by atoms with Gasteiger partial charge in [0.2, 0.25) is 0 Å². The van der Waals surface area contributed by atoms with Crippen molar-refractivity contribution in [1.82, 2.24) is 14.7 Å². The third-order valence-corrected chi connectivity index (χ3v) is 6.90. The Kier molecular flexibility index (Phi) is 8.46. The van der Waals surface area contributed by atoms with Crippen molar-refractivity contribution in [2.24, 2.45) is 0 Å². The first-order chi connectivity index (χ1) is 14.7. The summed E-state index contributed by atoms with van der Waals surface area (Å²) in [6, 6.07) is 14.4. The van der Waals surface area contributed by atoms with Crippen LogP contribution in [0.2, 0.25) is 0 Å². The lowest BCUT2D eigenvalue weighted by Crippen LogP contribution is -2.60. The molecule has 2 aromatic rings. The largest absolute Gasteiger partial charge is 0.465 e. The molecule has 2 aromatic carbocycles. The first kappa shape index (κ1) is 25.8. The Balaban J connectivity index is 0.00000363. The highest BCUT2D eigenvalue weighted by molar-refractivity contribution is 5.89. The molecule has 1 aliphatic rings.